The number of carbonyl (C=O) groups excluding carboxylic acids is 14. The lowest BCUT2D eigenvalue weighted by Crippen LogP contribution is -2.69. The van der Waals surface area contributed by atoms with Crippen LogP contribution in [-0.4, -0.2) is 233 Å². The maximum Gasteiger partial charge on any atom is 0.305 e. The fourth-order valence-electron chi connectivity index (χ4n) is 9.30. The van der Waals surface area contributed by atoms with Gasteiger partial charge < -0.3 is 99.5 Å². The predicted octanol–water partition coefficient (Wildman–Crippen LogP) is -1.76. The molecule has 0 bridgehead atoms. The fraction of sp³-hybridized carbons (Fsp3) is 0.731. The Morgan fingerprint density at radius 3 is 0.598 bits per heavy atom. The highest BCUT2D eigenvalue weighted by Gasteiger charge is 2.62. The van der Waals surface area contributed by atoms with E-state index in [1.807, 2.05) is 0 Å². The first-order valence-corrected chi connectivity index (χ1v) is 26.5. The highest BCUT2D eigenvalue weighted by Crippen LogP contribution is 2.40. The van der Waals surface area contributed by atoms with Gasteiger partial charge in [0.05, 0.1) is 0 Å². The van der Waals surface area contributed by atoms with E-state index in [0.717, 1.165) is 96.9 Å². The van der Waals surface area contributed by atoms with Crippen molar-refractivity contribution in [3.05, 3.63) is 0 Å². The van der Waals surface area contributed by atoms with Crippen LogP contribution in [0.2, 0.25) is 0 Å². The lowest BCUT2D eigenvalue weighted by molar-refractivity contribution is -0.388. The van der Waals surface area contributed by atoms with Crippen molar-refractivity contribution in [2.24, 2.45) is 0 Å². The van der Waals surface area contributed by atoms with E-state index in [0.29, 0.717) is 0 Å². The Kier molecular flexibility index (Phi) is 27.1. The smallest absolute Gasteiger partial charge is 0.305 e. The number of ether oxygens (including phenoxy) is 21. The summed E-state index contributed by atoms with van der Waals surface area (Å²) in [6.45, 7) is 9.74. The first-order chi connectivity index (χ1) is 40.6. The quantitative estimate of drug-likeness (QED) is 0.0763. The second-order valence-electron chi connectivity index (χ2n) is 19.5. The Morgan fingerprint density at radius 2 is 0.379 bits per heavy atom. The van der Waals surface area contributed by atoms with Crippen molar-refractivity contribution in [1.82, 2.24) is 0 Å². The van der Waals surface area contributed by atoms with Crippen molar-refractivity contribution in [1.29, 1.82) is 0 Å². The molecular formula is C52H70O35. The predicted molar refractivity (Wildman–Crippen MR) is 268 cm³/mol. The molecule has 0 aliphatic carbocycles. The number of carbonyl (C=O) groups is 14. The first-order valence-electron chi connectivity index (χ1n) is 26.5. The van der Waals surface area contributed by atoms with E-state index in [2.05, 4.69) is 0 Å². The van der Waals surface area contributed by atoms with Gasteiger partial charge in [0.15, 0.2) is 67.7 Å². The lowest BCUT2D eigenvalue weighted by atomic mass is 9.94. The summed E-state index contributed by atoms with van der Waals surface area (Å²) in [6.07, 6.45) is -39.2. The first kappa shape index (κ1) is 71.8. The molecule has 488 valence electrons. The maximum atomic E-state index is 13.3. The molecule has 4 fully saturated rings. The van der Waals surface area contributed by atoms with E-state index < -0.39 is 233 Å². The largest absolute Gasteiger partial charge is 0.463 e. The molecule has 0 N–H and O–H groups in total. The van der Waals surface area contributed by atoms with E-state index in [-0.39, 0.29) is 0 Å². The summed E-state index contributed by atoms with van der Waals surface area (Å²) in [6, 6.07) is 0. The molecule has 4 heterocycles. The van der Waals surface area contributed by atoms with Gasteiger partial charge in [-0.2, -0.15) is 0 Å². The Balaban J connectivity index is 1.99. The van der Waals surface area contributed by atoms with Crippen LogP contribution in [0.15, 0.2) is 0 Å². The Hall–Kier alpha value is -7.70. The molecule has 35 heteroatoms. The zero-order valence-electron chi connectivity index (χ0n) is 49.7. The molecule has 0 spiro atoms. The molecule has 4 aliphatic rings. The third-order valence-electron chi connectivity index (χ3n) is 12.0. The van der Waals surface area contributed by atoms with Gasteiger partial charge in [-0.1, -0.05) is 0 Å². The SMILES string of the molecule is CC(=O)OC[C@H]1O[C@@H](O[C@H]2[C@H](OC(C)=O)[C@@H](OC(C)=O)[C@H](O[C@H]3[C@H](OC(C)=O)[C@@H](OC(C)=O)[C@H](O[C@H]4[C@H](OC(C)=O)[C@@H](OC(C)=O)[C@H](OC(C)=O)O[C@@H]4COC(C)=O)O[C@@H]3COC(C)=O)O[C@@H]2COC(C)=O)[C@H](OC(C)=O)[C@@H](OC(C)=O)[C@@H]1OC(C)=O. The van der Waals surface area contributed by atoms with Crippen LogP contribution in [0.4, 0.5) is 0 Å². The van der Waals surface area contributed by atoms with Crippen LogP contribution in [0.25, 0.3) is 0 Å². The molecule has 20 atom stereocenters. The molecule has 4 rings (SSSR count). The van der Waals surface area contributed by atoms with Gasteiger partial charge in [-0.15, -0.1) is 0 Å². The minimum Gasteiger partial charge on any atom is -0.463 e. The van der Waals surface area contributed by atoms with E-state index in [4.69, 9.17) is 99.5 Å². The third-order valence-corrected chi connectivity index (χ3v) is 12.0. The summed E-state index contributed by atoms with van der Waals surface area (Å²) in [7, 11) is 0. The van der Waals surface area contributed by atoms with Crippen molar-refractivity contribution >= 4 is 83.6 Å². The van der Waals surface area contributed by atoms with Gasteiger partial charge >= 0.3 is 83.6 Å². The number of rotatable bonds is 24. The molecule has 4 aliphatic heterocycles. The summed E-state index contributed by atoms with van der Waals surface area (Å²) >= 11 is 0. The topological polar surface area (TPSA) is 433 Å². The van der Waals surface area contributed by atoms with Gasteiger partial charge in [0, 0.05) is 96.9 Å². The molecule has 0 aromatic carbocycles. The van der Waals surface area contributed by atoms with Gasteiger partial charge in [0.25, 0.3) is 0 Å². The molecule has 0 aromatic rings. The normalized spacial score (nSPS) is 31.9. The molecular weight excluding hydrogens is 1180 g/mol. The molecule has 87 heavy (non-hydrogen) atoms. The van der Waals surface area contributed by atoms with Gasteiger partial charge in [-0.25, -0.2) is 0 Å². The van der Waals surface area contributed by atoms with Crippen LogP contribution < -0.4 is 0 Å². The molecule has 0 saturated carbocycles. The van der Waals surface area contributed by atoms with Crippen LogP contribution >= 0.6 is 0 Å². The number of hydrogen-bond acceptors (Lipinski definition) is 35. The molecule has 0 aromatic heterocycles. The summed E-state index contributed by atoms with van der Waals surface area (Å²) < 4.78 is 121. The van der Waals surface area contributed by atoms with Crippen molar-refractivity contribution in [3.63, 3.8) is 0 Å². The van der Waals surface area contributed by atoms with Crippen LogP contribution in [0, 0.1) is 0 Å². The molecule has 35 nitrogen and oxygen atoms in total. The average molecular weight is 1260 g/mol. The molecule has 0 amide bonds. The van der Waals surface area contributed by atoms with Gasteiger partial charge in [-0.05, 0) is 0 Å². The minimum atomic E-state index is -2.23. The van der Waals surface area contributed by atoms with Crippen LogP contribution in [0.3, 0.4) is 0 Å². The Bertz CT molecular complexity index is 2530. The number of esters is 14. The second-order valence-corrected chi connectivity index (χ2v) is 19.5. The van der Waals surface area contributed by atoms with E-state index in [9.17, 15) is 67.1 Å². The average Bonchev–Trinajstić information content (AvgIpc) is 0.842. The van der Waals surface area contributed by atoms with Gasteiger partial charge in [-0.3, -0.25) is 67.1 Å². The zero-order chi connectivity index (χ0) is 65.3. The zero-order valence-corrected chi connectivity index (χ0v) is 49.7. The Labute approximate surface area is 495 Å². The van der Waals surface area contributed by atoms with Crippen LogP contribution in [0.5, 0.6) is 0 Å². The van der Waals surface area contributed by atoms with E-state index in [1.54, 1.807) is 0 Å². The van der Waals surface area contributed by atoms with E-state index >= 15 is 0 Å². The summed E-state index contributed by atoms with van der Waals surface area (Å²) in [4.78, 5) is 178. The fourth-order valence-corrected chi connectivity index (χ4v) is 9.30. The highest BCUT2D eigenvalue weighted by atomic mass is 16.8. The van der Waals surface area contributed by atoms with Crippen LogP contribution in [-0.2, 0) is 167 Å². The van der Waals surface area contributed by atoms with Crippen LogP contribution in [0.1, 0.15) is 96.9 Å². The Morgan fingerprint density at radius 1 is 0.207 bits per heavy atom. The third kappa shape index (κ3) is 21.9. The van der Waals surface area contributed by atoms with Gasteiger partial charge in [0.2, 0.25) is 12.4 Å². The molecule has 0 radical (unpaired) electrons. The van der Waals surface area contributed by atoms with Crippen molar-refractivity contribution < 1.29 is 167 Å². The lowest BCUT2D eigenvalue weighted by Gasteiger charge is -2.51. The van der Waals surface area contributed by atoms with Crippen molar-refractivity contribution in [2.45, 2.75) is 220 Å². The monoisotopic (exact) mass is 1250 g/mol. The van der Waals surface area contributed by atoms with Crippen molar-refractivity contribution in [2.75, 3.05) is 26.4 Å². The maximum absolute atomic E-state index is 13.3. The van der Waals surface area contributed by atoms with E-state index in [1.165, 1.54) is 0 Å². The molecule has 4 saturated heterocycles. The highest BCUT2D eigenvalue weighted by molar-refractivity contribution is 5.71. The summed E-state index contributed by atoms with van der Waals surface area (Å²) in [5, 5.41) is 0. The second kappa shape index (κ2) is 32.9. The van der Waals surface area contributed by atoms with Gasteiger partial charge in [0.1, 0.15) is 69.2 Å². The molecule has 0 unspecified atom stereocenters. The summed E-state index contributed by atoms with van der Waals surface area (Å²) in [5.41, 5.74) is 0. The standard InChI is InChI=1S/C52H70O35/c1-19(53)67-15-33-37(71-23(5)57)41(72-24(6)58)46(77-29(11)63)50(82-33)86-39-35(17-69-21(3)55)84-52(48(79-31(13)65)43(39)74-26(8)60)87-40-36(18-70-22(4)56)83-51(47(78-30(12)64)44(40)75-27(9)61)85-38-34(16-68-20(2)54)81-49(80-32(14)66)45(76-28(10)62)42(38)73-25(7)59/h33-52H,15-18H2,1-14H3/t33-,34-,35-,36-,37-,38-,39-,40-,41+,42+,43+,44+,45-,46-,47-,48-,49-,50+,51+,52+/m1/s1. The van der Waals surface area contributed by atoms with Crippen molar-refractivity contribution in [3.8, 4) is 0 Å². The number of hydrogen-bond donors (Lipinski definition) is 0. The summed E-state index contributed by atoms with van der Waals surface area (Å²) in [5.74, 6) is -14.6. The minimum absolute atomic E-state index is 0.752.